The third-order valence-electron chi connectivity index (χ3n) is 3.03. The summed E-state index contributed by atoms with van der Waals surface area (Å²) in [6, 6.07) is 10.8. The Morgan fingerprint density at radius 3 is 2.32 bits per heavy atom. The molecule has 2 aromatic carbocycles. The van der Waals surface area contributed by atoms with Crippen molar-refractivity contribution in [3.8, 4) is 0 Å². The maximum atomic E-state index is 13.1. The Kier molecular flexibility index (Phi) is 4.58. The van der Waals surface area contributed by atoms with Gasteiger partial charge in [-0.15, -0.1) is 0 Å². The van der Waals surface area contributed by atoms with Gasteiger partial charge < -0.3 is 5.11 Å². The average molecular weight is 370 g/mol. The second-order valence-electron chi connectivity index (χ2n) is 4.88. The number of aliphatic hydroxyl groups excluding tert-OH is 1. The first-order chi connectivity index (χ1) is 8.95. The molecule has 1 atom stereocenters. The van der Waals surface area contributed by atoms with Crippen LogP contribution in [0, 0.1) is 23.2 Å². The van der Waals surface area contributed by atoms with Crippen molar-refractivity contribution in [1.29, 1.82) is 0 Å². The second kappa shape index (κ2) is 6.01. The first-order valence-corrected chi connectivity index (χ1v) is 7.24. The molecule has 0 heterocycles. The van der Waals surface area contributed by atoms with Crippen LogP contribution in [0.4, 0.5) is 4.39 Å². The van der Waals surface area contributed by atoms with E-state index in [1.165, 1.54) is 23.3 Å². The van der Waals surface area contributed by atoms with E-state index in [-0.39, 0.29) is 5.82 Å². The minimum absolute atomic E-state index is 0.272. The molecule has 3 heteroatoms. The highest BCUT2D eigenvalue weighted by atomic mass is 127. The van der Waals surface area contributed by atoms with Crippen LogP contribution in [-0.4, -0.2) is 5.11 Å². The van der Waals surface area contributed by atoms with Gasteiger partial charge in [0.1, 0.15) is 5.82 Å². The summed E-state index contributed by atoms with van der Waals surface area (Å²) in [5.74, 6) is -0.272. The van der Waals surface area contributed by atoms with Crippen molar-refractivity contribution in [1.82, 2.24) is 0 Å². The summed E-state index contributed by atoms with van der Waals surface area (Å²) < 4.78 is 13.8. The maximum absolute atomic E-state index is 13.1. The zero-order valence-corrected chi connectivity index (χ0v) is 13.1. The van der Waals surface area contributed by atoms with E-state index in [0.29, 0.717) is 6.42 Å². The van der Waals surface area contributed by atoms with Crippen LogP contribution in [0.15, 0.2) is 36.4 Å². The summed E-state index contributed by atoms with van der Waals surface area (Å²) >= 11 is 2.06. The van der Waals surface area contributed by atoms with Crippen molar-refractivity contribution < 1.29 is 9.50 Å². The molecule has 0 radical (unpaired) electrons. The molecular formula is C16H16FIO. The van der Waals surface area contributed by atoms with Crippen LogP contribution in [-0.2, 0) is 6.42 Å². The number of rotatable bonds is 3. The first-order valence-electron chi connectivity index (χ1n) is 6.16. The highest BCUT2D eigenvalue weighted by molar-refractivity contribution is 14.1. The summed E-state index contributed by atoms with van der Waals surface area (Å²) in [6.07, 6.45) is -0.0573. The molecule has 0 aliphatic rings. The fourth-order valence-corrected chi connectivity index (χ4v) is 3.13. The van der Waals surface area contributed by atoms with Gasteiger partial charge in [0.15, 0.2) is 0 Å². The van der Waals surface area contributed by atoms with E-state index in [0.717, 1.165) is 14.7 Å². The Morgan fingerprint density at radius 1 is 1.11 bits per heavy atom. The molecular weight excluding hydrogens is 354 g/mol. The molecule has 0 spiro atoms. The molecule has 19 heavy (non-hydrogen) atoms. The second-order valence-corrected chi connectivity index (χ2v) is 6.04. The van der Waals surface area contributed by atoms with Crippen molar-refractivity contribution in [2.24, 2.45) is 0 Å². The van der Waals surface area contributed by atoms with Crippen LogP contribution in [0.5, 0.6) is 0 Å². The summed E-state index contributed by atoms with van der Waals surface area (Å²) in [4.78, 5) is 0. The van der Waals surface area contributed by atoms with Crippen LogP contribution in [0.1, 0.15) is 28.4 Å². The average Bonchev–Trinajstić information content (AvgIpc) is 2.26. The van der Waals surface area contributed by atoms with Gasteiger partial charge in [-0.25, -0.2) is 4.39 Å². The summed E-state index contributed by atoms with van der Waals surface area (Å²) in [5.41, 5.74) is 4.26. The molecule has 2 aromatic rings. The predicted molar refractivity (Wildman–Crippen MR) is 83.7 cm³/mol. The normalized spacial score (nSPS) is 12.5. The van der Waals surface area contributed by atoms with Gasteiger partial charge in [0, 0.05) is 9.99 Å². The van der Waals surface area contributed by atoms with Crippen LogP contribution in [0.3, 0.4) is 0 Å². The van der Waals surface area contributed by atoms with Gasteiger partial charge in [-0.3, -0.25) is 0 Å². The monoisotopic (exact) mass is 370 g/mol. The summed E-state index contributed by atoms with van der Waals surface area (Å²) in [6.45, 7) is 4.09. The highest BCUT2D eigenvalue weighted by Gasteiger charge is 2.13. The molecule has 0 amide bonds. The highest BCUT2D eigenvalue weighted by Crippen LogP contribution is 2.24. The molecule has 0 saturated carbocycles. The first kappa shape index (κ1) is 14.5. The molecule has 0 aliphatic carbocycles. The van der Waals surface area contributed by atoms with Gasteiger partial charge in [0.2, 0.25) is 0 Å². The Bertz CT molecular complexity index is 575. The van der Waals surface area contributed by atoms with Crippen molar-refractivity contribution in [3.05, 3.63) is 68.0 Å². The van der Waals surface area contributed by atoms with Crippen LogP contribution in [0.25, 0.3) is 0 Å². The third kappa shape index (κ3) is 3.76. The van der Waals surface area contributed by atoms with E-state index in [4.69, 9.17) is 0 Å². The molecule has 2 rings (SSSR count). The molecule has 0 saturated heterocycles. The minimum atomic E-state index is -0.603. The van der Waals surface area contributed by atoms with Crippen molar-refractivity contribution in [2.75, 3.05) is 0 Å². The van der Waals surface area contributed by atoms with Gasteiger partial charge in [-0.2, -0.15) is 0 Å². The zero-order chi connectivity index (χ0) is 14.0. The number of benzene rings is 2. The summed E-state index contributed by atoms with van der Waals surface area (Å²) in [7, 11) is 0. The minimum Gasteiger partial charge on any atom is -0.388 e. The largest absolute Gasteiger partial charge is 0.388 e. The standard InChI is InChI=1S/C16H16FIO/c1-10-5-11(2)7-12(6-10)8-16(19)14-4-3-13(17)9-15(14)18/h3-7,9,16,19H,8H2,1-2H3. The quantitative estimate of drug-likeness (QED) is 0.798. The van der Waals surface area contributed by atoms with Gasteiger partial charge in [-0.05, 0) is 59.7 Å². The molecule has 0 fully saturated rings. The Balaban J connectivity index is 2.22. The van der Waals surface area contributed by atoms with Crippen molar-refractivity contribution >= 4 is 22.6 Å². The van der Waals surface area contributed by atoms with E-state index >= 15 is 0 Å². The number of aliphatic hydroxyl groups is 1. The molecule has 100 valence electrons. The van der Waals surface area contributed by atoms with E-state index in [1.807, 2.05) is 13.8 Å². The molecule has 1 nitrogen and oxygen atoms in total. The third-order valence-corrected chi connectivity index (χ3v) is 3.97. The van der Waals surface area contributed by atoms with Crippen LogP contribution < -0.4 is 0 Å². The van der Waals surface area contributed by atoms with Crippen molar-refractivity contribution in [3.63, 3.8) is 0 Å². The lowest BCUT2D eigenvalue weighted by Crippen LogP contribution is -2.04. The van der Waals surface area contributed by atoms with Crippen molar-refractivity contribution in [2.45, 2.75) is 26.4 Å². The fourth-order valence-electron chi connectivity index (χ4n) is 2.29. The Hall–Kier alpha value is -0.940. The fraction of sp³-hybridized carbons (Fsp3) is 0.250. The summed E-state index contributed by atoms with van der Waals surface area (Å²) in [5, 5.41) is 10.3. The van der Waals surface area contributed by atoms with E-state index in [1.54, 1.807) is 6.07 Å². The molecule has 0 bridgehead atoms. The van der Waals surface area contributed by atoms with E-state index < -0.39 is 6.10 Å². The topological polar surface area (TPSA) is 20.2 Å². The van der Waals surface area contributed by atoms with Crippen LogP contribution >= 0.6 is 22.6 Å². The molecule has 1 N–H and O–H groups in total. The van der Waals surface area contributed by atoms with Crippen LogP contribution in [0.2, 0.25) is 0 Å². The number of hydrogen-bond donors (Lipinski definition) is 1. The lowest BCUT2D eigenvalue weighted by molar-refractivity contribution is 0.177. The van der Waals surface area contributed by atoms with Gasteiger partial charge >= 0.3 is 0 Å². The molecule has 0 aliphatic heterocycles. The molecule has 0 aromatic heterocycles. The van der Waals surface area contributed by atoms with E-state index in [9.17, 15) is 9.50 Å². The maximum Gasteiger partial charge on any atom is 0.124 e. The number of halogens is 2. The Morgan fingerprint density at radius 2 is 1.74 bits per heavy atom. The lowest BCUT2D eigenvalue weighted by Gasteiger charge is -2.14. The predicted octanol–water partition coefficient (Wildman–Crippen LogP) is 4.32. The van der Waals surface area contributed by atoms with E-state index in [2.05, 4.69) is 40.8 Å². The Labute approximate surface area is 126 Å². The van der Waals surface area contributed by atoms with Gasteiger partial charge in [0.25, 0.3) is 0 Å². The van der Waals surface area contributed by atoms with Gasteiger partial charge in [-0.1, -0.05) is 35.4 Å². The van der Waals surface area contributed by atoms with Gasteiger partial charge in [0.05, 0.1) is 6.10 Å². The number of aryl methyl sites for hydroxylation is 2. The SMILES string of the molecule is Cc1cc(C)cc(CC(O)c2ccc(F)cc2I)c1. The smallest absolute Gasteiger partial charge is 0.124 e. The number of hydrogen-bond acceptors (Lipinski definition) is 1. The zero-order valence-electron chi connectivity index (χ0n) is 11.0. The molecule has 1 unspecified atom stereocenters. The lowest BCUT2D eigenvalue weighted by atomic mass is 9.98.